The van der Waals surface area contributed by atoms with Gasteiger partial charge in [0, 0.05) is 36.3 Å². The molecule has 3 aromatic rings. The lowest BCUT2D eigenvalue weighted by Crippen LogP contribution is -2.68. The van der Waals surface area contributed by atoms with Gasteiger partial charge in [0.2, 0.25) is 5.91 Å². The van der Waals surface area contributed by atoms with Crippen LogP contribution in [0, 0.1) is 0 Å². The van der Waals surface area contributed by atoms with Gasteiger partial charge >= 0.3 is 0 Å². The number of H-pyrrole nitrogens is 1. The number of amides is 2. The summed E-state index contributed by atoms with van der Waals surface area (Å²) >= 11 is 0. The summed E-state index contributed by atoms with van der Waals surface area (Å²) in [6, 6.07) is 18.9. The van der Waals surface area contributed by atoms with Crippen LogP contribution in [0.3, 0.4) is 0 Å². The van der Waals surface area contributed by atoms with Crippen molar-refractivity contribution >= 4 is 17.8 Å². The number of aromatic nitrogens is 2. The van der Waals surface area contributed by atoms with Crippen LogP contribution in [0.15, 0.2) is 73.2 Å². The van der Waals surface area contributed by atoms with Crippen LogP contribution in [-0.4, -0.2) is 40.0 Å². The van der Waals surface area contributed by atoms with Gasteiger partial charge in [-0.3, -0.25) is 14.9 Å². The molecule has 9 nitrogen and oxygen atoms in total. The molecule has 0 spiro atoms. The van der Waals surface area contributed by atoms with Crippen molar-refractivity contribution in [2.75, 3.05) is 6.54 Å². The molecule has 37 heavy (non-hydrogen) atoms. The molecule has 9 heteroatoms. The molecule has 1 aliphatic carbocycles. The summed E-state index contributed by atoms with van der Waals surface area (Å²) in [5.41, 5.74) is 0.580. The van der Waals surface area contributed by atoms with Crippen molar-refractivity contribution in [3.8, 4) is 0 Å². The highest BCUT2D eigenvalue weighted by Gasteiger charge is 2.42. The van der Waals surface area contributed by atoms with E-state index in [4.69, 9.17) is 0 Å². The van der Waals surface area contributed by atoms with Crippen molar-refractivity contribution in [3.05, 3.63) is 90.0 Å². The summed E-state index contributed by atoms with van der Waals surface area (Å²) in [6.07, 6.45) is 3.72. The largest absolute Gasteiger partial charge is 0.530 e. The second-order valence-electron chi connectivity index (χ2n) is 9.72. The van der Waals surface area contributed by atoms with Crippen LogP contribution in [0.5, 0.6) is 0 Å². The van der Waals surface area contributed by atoms with Gasteiger partial charge in [-0.25, -0.2) is 4.98 Å². The maximum absolute atomic E-state index is 13.7. The molecule has 2 atom stereocenters. The summed E-state index contributed by atoms with van der Waals surface area (Å²) in [4.78, 5) is 45.3. The van der Waals surface area contributed by atoms with Gasteiger partial charge in [-0.2, -0.15) is 0 Å². The lowest BCUT2D eigenvalue weighted by Gasteiger charge is -2.42. The molecule has 2 aromatic carbocycles. The molecule has 1 aliphatic rings. The molecule has 1 saturated carbocycles. The van der Waals surface area contributed by atoms with Crippen LogP contribution in [0.2, 0.25) is 0 Å². The summed E-state index contributed by atoms with van der Waals surface area (Å²) in [5.74, 6) is -1.08. The fraction of sp³-hybridized carbons (Fsp3) is 0.357. The molecule has 1 aromatic heterocycles. The topological polar surface area (TPSA) is 139 Å². The SMILES string of the molecule is CC(NC(Cc1cnc[nH]1)(NC(=O)[O-])C(=O)CC(=O)NCC1(c2ccccc2)CCC1)c1ccccc1. The van der Waals surface area contributed by atoms with E-state index in [1.165, 1.54) is 18.1 Å². The van der Waals surface area contributed by atoms with E-state index < -0.39 is 35.9 Å². The predicted molar refractivity (Wildman–Crippen MR) is 136 cm³/mol. The van der Waals surface area contributed by atoms with E-state index in [-0.39, 0.29) is 11.8 Å². The Labute approximate surface area is 216 Å². The number of benzene rings is 2. The minimum Gasteiger partial charge on any atom is -0.530 e. The quantitative estimate of drug-likeness (QED) is 0.221. The van der Waals surface area contributed by atoms with E-state index >= 15 is 0 Å². The fourth-order valence-electron chi connectivity index (χ4n) is 5.01. The Bertz CT molecular complexity index is 1200. The Kier molecular flexibility index (Phi) is 8.03. The minimum atomic E-state index is -1.81. The zero-order valence-corrected chi connectivity index (χ0v) is 20.8. The molecule has 2 unspecified atom stereocenters. The van der Waals surface area contributed by atoms with E-state index in [0.717, 1.165) is 24.8 Å². The van der Waals surface area contributed by atoms with Gasteiger partial charge in [0.1, 0.15) is 6.09 Å². The number of hydrogen-bond donors (Lipinski definition) is 4. The summed E-state index contributed by atoms with van der Waals surface area (Å²) in [6.45, 7) is 2.24. The normalized spacial score (nSPS) is 16.6. The number of imidazole rings is 1. The molecule has 0 radical (unpaired) electrons. The maximum atomic E-state index is 13.7. The molecule has 194 valence electrons. The van der Waals surface area contributed by atoms with Crippen molar-refractivity contribution in [2.45, 2.75) is 56.1 Å². The van der Waals surface area contributed by atoms with E-state index in [1.807, 2.05) is 55.5 Å². The van der Waals surface area contributed by atoms with E-state index in [0.29, 0.717) is 12.2 Å². The number of carboxylic acid groups (broad SMARTS) is 1. The second-order valence-corrected chi connectivity index (χ2v) is 9.72. The number of nitrogens with one attached hydrogen (secondary N) is 4. The highest BCUT2D eigenvalue weighted by molar-refractivity contribution is 6.03. The lowest BCUT2D eigenvalue weighted by atomic mass is 9.64. The van der Waals surface area contributed by atoms with Crippen LogP contribution < -0.4 is 21.1 Å². The maximum Gasteiger partial charge on any atom is 0.227 e. The Morgan fingerprint density at radius 2 is 1.76 bits per heavy atom. The molecular formula is C28H32N5O4-. The molecule has 1 fully saturated rings. The van der Waals surface area contributed by atoms with Crippen molar-refractivity contribution in [1.29, 1.82) is 0 Å². The van der Waals surface area contributed by atoms with Crippen molar-refractivity contribution < 1.29 is 19.5 Å². The first kappa shape index (κ1) is 26.1. The zero-order valence-electron chi connectivity index (χ0n) is 20.8. The number of carbonyl (C=O) groups excluding carboxylic acids is 3. The number of aromatic amines is 1. The minimum absolute atomic E-state index is 0.0851. The molecule has 0 bridgehead atoms. The lowest BCUT2D eigenvalue weighted by molar-refractivity contribution is -0.253. The first-order chi connectivity index (χ1) is 17.8. The van der Waals surface area contributed by atoms with Crippen molar-refractivity contribution in [3.63, 3.8) is 0 Å². The van der Waals surface area contributed by atoms with Gasteiger partial charge in [0.25, 0.3) is 0 Å². The van der Waals surface area contributed by atoms with Gasteiger partial charge in [0.05, 0.1) is 12.7 Å². The van der Waals surface area contributed by atoms with Gasteiger partial charge in [-0.05, 0) is 30.9 Å². The molecule has 1 heterocycles. The molecule has 4 N–H and O–H groups in total. The smallest absolute Gasteiger partial charge is 0.227 e. The first-order valence-electron chi connectivity index (χ1n) is 12.5. The average molecular weight is 503 g/mol. The monoisotopic (exact) mass is 502 g/mol. The molecule has 0 aliphatic heterocycles. The number of nitrogens with zero attached hydrogens (tertiary/aromatic N) is 1. The molecule has 2 amide bonds. The summed E-state index contributed by atoms with van der Waals surface area (Å²) in [7, 11) is 0. The highest BCUT2D eigenvalue weighted by Crippen LogP contribution is 2.43. The third-order valence-electron chi connectivity index (χ3n) is 7.21. The van der Waals surface area contributed by atoms with Gasteiger partial charge in [-0.15, -0.1) is 0 Å². The Morgan fingerprint density at radius 1 is 1.08 bits per heavy atom. The number of carbonyl (C=O) groups is 3. The average Bonchev–Trinajstić information content (AvgIpc) is 3.37. The third kappa shape index (κ3) is 6.24. The van der Waals surface area contributed by atoms with Crippen LogP contribution >= 0.6 is 0 Å². The molecule has 0 saturated heterocycles. The number of Topliss-reactive ketones (excluding diaryl/α,β-unsaturated/α-hetero) is 1. The van der Waals surface area contributed by atoms with E-state index in [1.54, 1.807) is 0 Å². The Morgan fingerprint density at radius 3 is 2.32 bits per heavy atom. The van der Waals surface area contributed by atoms with Crippen LogP contribution in [0.4, 0.5) is 4.79 Å². The third-order valence-corrected chi connectivity index (χ3v) is 7.21. The fourth-order valence-corrected chi connectivity index (χ4v) is 5.01. The Hall–Kier alpha value is -3.98. The number of ketones is 1. The summed E-state index contributed by atoms with van der Waals surface area (Å²) < 4.78 is 0. The van der Waals surface area contributed by atoms with E-state index in [2.05, 4.69) is 38.1 Å². The summed E-state index contributed by atoms with van der Waals surface area (Å²) in [5, 5.41) is 20.1. The highest BCUT2D eigenvalue weighted by atomic mass is 16.4. The second kappa shape index (κ2) is 11.4. The van der Waals surface area contributed by atoms with Crippen molar-refractivity contribution in [2.24, 2.45) is 0 Å². The standard InChI is InChI=1S/C28H33N5O4/c1-20(21-9-4-2-5-10-21)32-28(33-26(36)37,16-23-17-29-19-31-23)24(34)15-25(35)30-18-27(13-8-14-27)22-11-6-3-7-12-22/h2-7,9-12,17,19-20,32-33H,8,13-16,18H2,1H3,(H,29,31)(H,30,35)(H,36,37)/p-1. The zero-order chi connectivity index (χ0) is 26.3. The van der Waals surface area contributed by atoms with Gasteiger partial charge in [-0.1, -0.05) is 67.1 Å². The van der Waals surface area contributed by atoms with Crippen LogP contribution in [0.1, 0.15) is 55.5 Å². The van der Waals surface area contributed by atoms with Crippen LogP contribution in [-0.2, 0) is 21.4 Å². The number of rotatable bonds is 12. The molecular weight excluding hydrogens is 470 g/mol. The number of hydrogen-bond acceptors (Lipinski definition) is 6. The van der Waals surface area contributed by atoms with E-state index in [9.17, 15) is 19.5 Å². The first-order valence-corrected chi connectivity index (χ1v) is 12.5. The van der Waals surface area contributed by atoms with Crippen molar-refractivity contribution in [1.82, 2.24) is 25.9 Å². The molecule has 4 rings (SSSR count). The van der Waals surface area contributed by atoms with Crippen LogP contribution in [0.25, 0.3) is 0 Å². The Balaban J connectivity index is 1.52. The van der Waals surface area contributed by atoms with Gasteiger partial charge in [0.15, 0.2) is 11.4 Å². The van der Waals surface area contributed by atoms with Gasteiger partial charge < -0.3 is 25.5 Å². The predicted octanol–water partition coefficient (Wildman–Crippen LogP) is 2.13.